The van der Waals surface area contributed by atoms with Crippen LogP contribution in [0.5, 0.6) is 0 Å². The van der Waals surface area contributed by atoms with Crippen LogP contribution in [0.2, 0.25) is 0 Å². The second-order valence-corrected chi connectivity index (χ2v) is 7.57. The fourth-order valence-electron chi connectivity index (χ4n) is 3.38. The van der Waals surface area contributed by atoms with Crippen LogP contribution in [0.15, 0.2) is 78.9 Å². The van der Waals surface area contributed by atoms with Crippen molar-refractivity contribution in [3.8, 4) is 0 Å². The van der Waals surface area contributed by atoms with Crippen molar-refractivity contribution < 1.29 is 14.3 Å². The largest absolute Gasteiger partial charge is 0.445 e. The van der Waals surface area contributed by atoms with Gasteiger partial charge in [-0.2, -0.15) is 0 Å². The minimum absolute atomic E-state index is 0.0724. The van der Waals surface area contributed by atoms with E-state index in [-0.39, 0.29) is 18.6 Å². The van der Waals surface area contributed by atoms with E-state index in [0.717, 1.165) is 22.3 Å². The lowest BCUT2D eigenvalue weighted by Crippen LogP contribution is -2.27. The van der Waals surface area contributed by atoms with Crippen molar-refractivity contribution in [1.29, 1.82) is 0 Å². The number of amides is 2. The molecule has 0 saturated carbocycles. The Morgan fingerprint density at radius 3 is 2.41 bits per heavy atom. The molecule has 2 amide bonds. The van der Waals surface area contributed by atoms with Crippen molar-refractivity contribution in [2.24, 2.45) is 5.73 Å². The number of alkyl carbamates (subject to hydrolysis) is 1. The lowest BCUT2D eigenvalue weighted by Gasteiger charge is -2.16. The fraction of sp³-hybridized carbons (Fsp3) is 0.231. The second kappa shape index (κ2) is 11.7. The highest BCUT2D eigenvalue weighted by Gasteiger charge is 2.12. The first-order chi connectivity index (χ1) is 15.5. The molecule has 3 aromatic rings. The third-order valence-corrected chi connectivity index (χ3v) is 5.18. The van der Waals surface area contributed by atoms with Crippen LogP contribution in [0.25, 0.3) is 0 Å². The van der Waals surface area contributed by atoms with Crippen molar-refractivity contribution in [3.63, 3.8) is 0 Å². The molecule has 0 aliphatic rings. The van der Waals surface area contributed by atoms with Crippen LogP contribution in [-0.4, -0.2) is 12.0 Å². The molecular formula is C26H29N3O3. The Balaban J connectivity index is 1.50. The van der Waals surface area contributed by atoms with E-state index in [1.807, 2.05) is 85.8 Å². The minimum Gasteiger partial charge on any atom is -0.445 e. The maximum Gasteiger partial charge on any atom is 0.407 e. The smallest absolute Gasteiger partial charge is 0.407 e. The highest BCUT2D eigenvalue weighted by atomic mass is 16.5. The van der Waals surface area contributed by atoms with Crippen molar-refractivity contribution in [3.05, 3.63) is 101 Å². The predicted octanol–water partition coefficient (Wildman–Crippen LogP) is 4.70. The molecule has 0 fully saturated rings. The SMILES string of the molecule is C[C@H](NC(=O)OCc1ccccc1)c1cccc(NC(=O)CCc2ccccc2CN)c1. The number of carbonyl (C=O) groups excluding carboxylic acids is 2. The summed E-state index contributed by atoms with van der Waals surface area (Å²) >= 11 is 0. The minimum atomic E-state index is -0.491. The summed E-state index contributed by atoms with van der Waals surface area (Å²) in [5.41, 5.74) is 10.4. The second-order valence-electron chi connectivity index (χ2n) is 7.57. The zero-order valence-corrected chi connectivity index (χ0v) is 18.2. The first kappa shape index (κ1) is 23.0. The average Bonchev–Trinajstić information content (AvgIpc) is 2.82. The van der Waals surface area contributed by atoms with Gasteiger partial charge in [0.25, 0.3) is 0 Å². The lowest BCUT2D eigenvalue weighted by molar-refractivity contribution is -0.116. The van der Waals surface area contributed by atoms with Crippen molar-refractivity contribution in [2.45, 2.75) is 39.0 Å². The summed E-state index contributed by atoms with van der Waals surface area (Å²) in [4.78, 5) is 24.6. The molecule has 6 heteroatoms. The third kappa shape index (κ3) is 6.96. The summed E-state index contributed by atoms with van der Waals surface area (Å²) in [5.74, 6) is -0.0724. The Labute approximate surface area is 188 Å². The number of ether oxygens (including phenoxy) is 1. The molecule has 166 valence electrons. The standard InChI is InChI=1S/C26H29N3O3/c1-19(28-26(31)32-18-20-8-3-2-4-9-20)22-12-7-13-24(16-22)29-25(30)15-14-21-10-5-6-11-23(21)17-27/h2-13,16,19H,14-15,17-18,27H2,1H3,(H,28,31)(H,29,30)/t19-/m0/s1. The van der Waals surface area contributed by atoms with Gasteiger partial charge < -0.3 is 21.1 Å². The number of hydrogen-bond donors (Lipinski definition) is 3. The van der Waals surface area contributed by atoms with Crippen LogP contribution in [0.4, 0.5) is 10.5 Å². The van der Waals surface area contributed by atoms with Gasteiger partial charge in [0.15, 0.2) is 0 Å². The number of rotatable bonds is 9. The van der Waals surface area contributed by atoms with E-state index >= 15 is 0 Å². The van der Waals surface area contributed by atoms with Gasteiger partial charge in [-0.1, -0.05) is 66.7 Å². The Hall–Kier alpha value is -3.64. The number of anilines is 1. The Kier molecular flexibility index (Phi) is 8.40. The quantitative estimate of drug-likeness (QED) is 0.458. The molecular weight excluding hydrogens is 402 g/mol. The molecule has 0 spiro atoms. The van der Waals surface area contributed by atoms with Gasteiger partial charge in [0, 0.05) is 18.7 Å². The number of carbonyl (C=O) groups is 2. The average molecular weight is 432 g/mol. The molecule has 0 aromatic heterocycles. The molecule has 0 radical (unpaired) electrons. The van der Waals surface area contributed by atoms with Gasteiger partial charge in [-0.05, 0) is 47.7 Å². The van der Waals surface area contributed by atoms with Crippen LogP contribution < -0.4 is 16.4 Å². The molecule has 3 aromatic carbocycles. The van der Waals surface area contributed by atoms with Gasteiger partial charge in [-0.3, -0.25) is 4.79 Å². The van der Waals surface area contributed by atoms with Gasteiger partial charge in [-0.15, -0.1) is 0 Å². The maximum atomic E-state index is 12.4. The van der Waals surface area contributed by atoms with Gasteiger partial charge >= 0.3 is 6.09 Å². The first-order valence-corrected chi connectivity index (χ1v) is 10.7. The van der Waals surface area contributed by atoms with E-state index in [0.29, 0.717) is 25.1 Å². The summed E-state index contributed by atoms with van der Waals surface area (Å²) in [6.45, 7) is 2.54. The lowest BCUT2D eigenvalue weighted by atomic mass is 10.0. The number of nitrogens with one attached hydrogen (secondary N) is 2. The molecule has 0 heterocycles. The number of aryl methyl sites for hydroxylation is 1. The Bertz CT molecular complexity index is 1040. The summed E-state index contributed by atoms with van der Waals surface area (Å²) in [6.07, 6.45) is 0.500. The van der Waals surface area contributed by atoms with E-state index in [1.165, 1.54) is 0 Å². The molecule has 32 heavy (non-hydrogen) atoms. The third-order valence-electron chi connectivity index (χ3n) is 5.18. The first-order valence-electron chi connectivity index (χ1n) is 10.7. The molecule has 3 rings (SSSR count). The monoisotopic (exact) mass is 431 g/mol. The molecule has 4 N–H and O–H groups in total. The summed E-state index contributed by atoms with van der Waals surface area (Å²) < 4.78 is 5.28. The zero-order valence-electron chi connectivity index (χ0n) is 18.2. The van der Waals surface area contributed by atoms with E-state index < -0.39 is 6.09 Å². The number of hydrogen-bond acceptors (Lipinski definition) is 4. The molecule has 0 unspecified atom stereocenters. The van der Waals surface area contributed by atoms with Crippen molar-refractivity contribution in [2.75, 3.05) is 5.32 Å². The van der Waals surface area contributed by atoms with Crippen LogP contribution in [-0.2, 0) is 29.1 Å². The predicted molar refractivity (Wildman–Crippen MR) is 126 cm³/mol. The highest BCUT2D eigenvalue weighted by molar-refractivity contribution is 5.91. The number of nitrogens with two attached hydrogens (primary N) is 1. The molecule has 0 aliphatic heterocycles. The van der Waals surface area contributed by atoms with Gasteiger partial charge in [0.2, 0.25) is 5.91 Å². The van der Waals surface area contributed by atoms with Gasteiger partial charge in [0.1, 0.15) is 6.61 Å². The van der Waals surface area contributed by atoms with E-state index in [9.17, 15) is 9.59 Å². The van der Waals surface area contributed by atoms with Crippen molar-refractivity contribution in [1.82, 2.24) is 5.32 Å². The van der Waals surface area contributed by atoms with E-state index in [2.05, 4.69) is 10.6 Å². The van der Waals surface area contributed by atoms with Crippen LogP contribution in [0.1, 0.15) is 41.6 Å². The summed E-state index contributed by atoms with van der Waals surface area (Å²) in [7, 11) is 0. The maximum absolute atomic E-state index is 12.4. The van der Waals surface area contributed by atoms with Crippen molar-refractivity contribution >= 4 is 17.7 Å². The Morgan fingerprint density at radius 2 is 1.66 bits per heavy atom. The van der Waals surface area contributed by atoms with Gasteiger partial charge in [0.05, 0.1) is 6.04 Å². The zero-order chi connectivity index (χ0) is 22.8. The van der Waals surface area contributed by atoms with E-state index in [4.69, 9.17) is 10.5 Å². The normalized spacial score (nSPS) is 11.4. The Morgan fingerprint density at radius 1 is 0.938 bits per heavy atom. The van der Waals surface area contributed by atoms with Crippen LogP contribution >= 0.6 is 0 Å². The molecule has 1 atom stereocenters. The van der Waals surface area contributed by atoms with Gasteiger partial charge in [-0.25, -0.2) is 4.79 Å². The van der Waals surface area contributed by atoms with Crippen LogP contribution in [0, 0.1) is 0 Å². The highest BCUT2D eigenvalue weighted by Crippen LogP contribution is 2.18. The molecule has 0 saturated heterocycles. The molecule has 0 aliphatic carbocycles. The topological polar surface area (TPSA) is 93.5 Å². The molecule has 0 bridgehead atoms. The van der Waals surface area contributed by atoms with Crippen LogP contribution in [0.3, 0.4) is 0 Å². The molecule has 6 nitrogen and oxygen atoms in total. The van der Waals surface area contributed by atoms with E-state index in [1.54, 1.807) is 0 Å². The summed E-state index contributed by atoms with van der Waals surface area (Å²) in [5, 5.41) is 5.75. The summed E-state index contributed by atoms with van der Waals surface area (Å²) in [6, 6.07) is 24.6. The number of benzene rings is 3. The fourth-order valence-corrected chi connectivity index (χ4v) is 3.38.